The molecule has 0 amide bonds. The van der Waals surface area contributed by atoms with E-state index in [-0.39, 0.29) is 0 Å². The second kappa shape index (κ2) is 30.1. The number of rotatable bonds is 8. The third kappa shape index (κ3) is 14.1. The first-order chi connectivity index (χ1) is 53.6. The molecule has 19 rings (SSSR count). The molecule has 0 bridgehead atoms. The number of pyridine rings is 4. The fourth-order valence-electron chi connectivity index (χ4n) is 18.2. The van der Waals surface area contributed by atoms with E-state index in [1.165, 1.54) is 217 Å². The van der Waals surface area contributed by atoms with Gasteiger partial charge in [-0.25, -0.2) is 18.3 Å². The number of aryl methyl sites for hydroxylation is 8. The zero-order valence-electron chi connectivity index (χ0n) is 67.5. The van der Waals surface area contributed by atoms with Crippen molar-refractivity contribution in [3.05, 3.63) is 380 Å². The Kier molecular flexibility index (Phi) is 19.9. The lowest BCUT2D eigenvalue weighted by Gasteiger charge is -2.19. The Labute approximate surface area is 659 Å². The lowest BCUT2D eigenvalue weighted by molar-refractivity contribution is -0.661. The van der Waals surface area contributed by atoms with Crippen LogP contribution >= 0.6 is 0 Å². The van der Waals surface area contributed by atoms with Gasteiger partial charge in [0.1, 0.15) is 28.2 Å². The molecule has 4 aliphatic carbocycles. The minimum atomic E-state index is 0.298. The second-order valence-corrected chi connectivity index (χ2v) is 32.9. The molecule has 0 aliphatic heterocycles. The highest BCUT2D eigenvalue weighted by molar-refractivity contribution is 5.97. The fourth-order valence-corrected chi connectivity index (χ4v) is 18.2. The zero-order chi connectivity index (χ0) is 77.1. The minimum Gasteiger partial charge on any atom is -0.201 e. The number of aromatic nitrogens is 4. The molecule has 11 aromatic carbocycles. The highest BCUT2D eigenvalue weighted by Gasteiger charge is 2.33. The van der Waals surface area contributed by atoms with Crippen molar-refractivity contribution in [1.29, 1.82) is 0 Å². The molecule has 0 saturated heterocycles. The first kappa shape index (κ1) is 73.2. The lowest BCUT2D eigenvalue weighted by Crippen LogP contribution is -2.32. The summed E-state index contributed by atoms with van der Waals surface area (Å²) < 4.78 is 9.01. The van der Waals surface area contributed by atoms with E-state index >= 15 is 0 Å². The summed E-state index contributed by atoms with van der Waals surface area (Å²) in [5, 5.41) is 0. The van der Waals surface area contributed by atoms with Crippen molar-refractivity contribution in [2.45, 2.75) is 108 Å². The van der Waals surface area contributed by atoms with E-state index in [1.807, 2.05) is 0 Å². The van der Waals surface area contributed by atoms with Gasteiger partial charge in [0.25, 0.3) is 0 Å². The minimum absolute atomic E-state index is 0.298. The summed E-state index contributed by atoms with van der Waals surface area (Å²) in [7, 11) is 8.59. The maximum Gasteiger partial charge on any atom is 0.212 e. The fraction of sp³-hybridized carbons (Fsp3) is 0.196. The maximum atomic E-state index is 2.40. The Hall–Kier alpha value is -12.0. The van der Waals surface area contributed by atoms with E-state index in [0.717, 1.165) is 32.1 Å². The van der Waals surface area contributed by atoms with E-state index in [4.69, 9.17) is 0 Å². The molecule has 0 fully saturated rings. The molecule has 4 heteroatoms. The SMILES string of the molecule is Cc1c(-c2cccc[n+]2C)cc(-c2ccccc2)c2c1Cc1ccccc1-2.Cc1cc[n+](C)c(-c2cc(-c3ccccc3)c3c(c2C)Cc2ccccc2-3)c1.Cc1ccc(-c2cc(-c3ccccc3)c3c(c2C)Cc2ccccc2-3)[n+](C)c1.Cc1ccc2c(c1)Cc1c-2ccc(-c2cc(C)c(CC(C)(C)C)c[n+]2C)c1C. The smallest absolute Gasteiger partial charge is 0.201 e. The molecule has 0 unspecified atom stereocenters. The summed E-state index contributed by atoms with van der Waals surface area (Å²) >= 11 is 0. The average Bonchev–Trinajstić information content (AvgIpc) is 1.63. The third-order valence-electron chi connectivity index (χ3n) is 23.9. The summed E-state index contributed by atoms with van der Waals surface area (Å²) in [5.74, 6) is 0. The van der Waals surface area contributed by atoms with Gasteiger partial charge in [0.15, 0.2) is 24.8 Å². The van der Waals surface area contributed by atoms with Gasteiger partial charge in [-0.1, -0.05) is 214 Å². The van der Waals surface area contributed by atoms with Gasteiger partial charge in [-0.15, -0.1) is 0 Å². The van der Waals surface area contributed by atoms with Crippen LogP contribution in [0.25, 0.3) is 123 Å². The summed E-state index contributed by atoms with van der Waals surface area (Å²) in [6.07, 6.45) is 14.0. The van der Waals surface area contributed by atoms with Crippen LogP contribution in [0.3, 0.4) is 0 Å². The molecule has 4 nitrogen and oxygen atoms in total. The number of nitrogens with zero attached hydrogens (tertiary/aromatic N) is 4. The van der Waals surface area contributed by atoms with Crippen molar-refractivity contribution in [3.8, 4) is 123 Å². The zero-order valence-corrected chi connectivity index (χ0v) is 67.5. The van der Waals surface area contributed by atoms with Crippen molar-refractivity contribution in [2.24, 2.45) is 33.6 Å². The van der Waals surface area contributed by atoms with Gasteiger partial charge < -0.3 is 0 Å². The second-order valence-electron chi connectivity index (χ2n) is 32.9. The summed E-state index contributed by atoms with van der Waals surface area (Å²) in [6, 6.07) is 95.4. The molecule has 15 aromatic rings. The number of hydrogen-bond acceptors (Lipinski definition) is 0. The number of fused-ring (bicyclic) bond motifs is 12. The van der Waals surface area contributed by atoms with Crippen LogP contribution in [0.15, 0.2) is 286 Å². The van der Waals surface area contributed by atoms with Crippen molar-refractivity contribution < 1.29 is 18.3 Å². The van der Waals surface area contributed by atoms with E-state index in [2.05, 4.69) is 408 Å². The van der Waals surface area contributed by atoms with Crippen LogP contribution in [-0.2, 0) is 60.3 Å². The van der Waals surface area contributed by atoms with Crippen LogP contribution in [0, 0.1) is 60.8 Å². The van der Waals surface area contributed by atoms with Gasteiger partial charge >= 0.3 is 0 Å². The van der Waals surface area contributed by atoms with Crippen molar-refractivity contribution in [3.63, 3.8) is 0 Å². The molecule has 0 N–H and O–H groups in total. The Bertz CT molecular complexity index is 6150. The lowest BCUT2D eigenvalue weighted by atomic mass is 9.86. The van der Waals surface area contributed by atoms with Gasteiger partial charge in [0.05, 0.1) is 0 Å². The summed E-state index contributed by atoms with van der Waals surface area (Å²) in [4.78, 5) is 0. The van der Waals surface area contributed by atoms with Crippen molar-refractivity contribution in [2.75, 3.05) is 0 Å². The number of benzene rings is 11. The van der Waals surface area contributed by atoms with E-state index in [9.17, 15) is 0 Å². The molecule has 4 aromatic heterocycles. The summed E-state index contributed by atoms with van der Waals surface area (Å²) in [6.45, 7) is 24.8. The highest BCUT2D eigenvalue weighted by atomic mass is 14.9. The van der Waals surface area contributed by atoms with Gasteiger partial charge in [-0.2, -0.15) is 0 Å². The molecular weight excluding hydrogens is 1340 g/mol. The monoisotopic (exact) mass is 1440 g/mol. The molecule has 0 atom stereocenters. The van der Waals surface area contributed by atoms with Crippen LogP contribution in [0.5, 0.6) is 0 Å². The molecule has 4 aliphatic rings. The normalized spacial score (nSPS) is 12.2. The highest BCUT2D eigenvalue weighted by Crippen LogP contribution is 2.51. The molecule has 0 saturated carbocycles. The molecule has 111 heavy (non-hydrogen) atoms. The summed E-state index contributed by atoms with van der Waals surface area (Å²) in [5.41, 5.74) is 53.9. The van der Waals surface area contributed by atoms with Gasteiger partial charge in [0, 0.05) is 69.8 Å². The molecule has 0 spiro atoms. The Morgan fingerprint density at radius 2 is 0.649 bits per heavy atom. The Balaban J connectivity index is 0.000000112. The van der Waals surface area contributed by atoms with Gasteiger partial charge in [-0.3, -0.25) is 0 Å². The largest absolute Gasteiger partial charge is 0.212 e. The van der Waals surface area contributed by atoms with E-state index < -0.39 is 0 Å². The predicted octanol–water partition coefficient (Wildman–Crippen LogP) is 24.1. The predicted molar refractivity (Wildman–Crippen MR) is 463 cm³/mol. The average molecular weight is 1440 g/mol. The van der Waals surface area contributed by atoms with Crippen LogP contribution in [0.4, 0.5) is 0 Å². The first-order valence-corrected chi connectivity index (χ1v) is 39.6. The van der Waals surface area contributed by atoms with Gasteiger partial charge in [0.2, 0.25) is 22.8 Å². The Morgan fingerprint density at radius 3 is 1.14 bits per heavy atom. The van der Waals surface area contributed by atoms with Crippen LogP contribution in [-0.4, -0.2) is 0 Å². The first-order valence-electron chi connectivity index (χ1n) is 39.6. The molecule has 546 valence electrons. The van der Waals surface area contributed by atoms with Gasteiger partial charge in [-0.05, 0) is 285 Å². The van der Waals surface area contributed by atoms with Crippen molar-refractivity contribution in [1.82, 2.24) is 0 Å². The standard InChI is InChI=1S/2C27H24N.C27H32N.C26H22N/c1-18-13-14-26(28(3)17-18)23-16-25(20-9-5-4-6-10-20)27-22-12-8-7-11-21(22)15-24(27)19(23)2;1-18-13-14-28(3)26(15-18)23-17-25(20-9-5-4-6-10-20)27-22-12-8-7-11-21(22)16-24(27)19(23)2;1-17-8-9-23-20(12-17)14-25-19(3)22(10-11-24(23)25)26-13-18(2)21(16-28(26)7)15-27(4,5)6;1-18-22(25-14-8-9-15-27(25)2)17-24(19-10-4-3-5-11-19)26-21-13-7-6-12-20(21)16-23(18)26/h4-14,16-17H,15H2,1-3H3;4-15,17H,16H2,1-3H3;8-13,16H,14-15H2,1-7H3;3-15,17H,16H2,1-2H3/q4*+1. The molecule has 4 heterocycles. The molecule has 0 radical (unpaired) electrons. The Morgan fingerprint density at radius 1 is 0.261 bits per heavy atom. The van der Waals surface area contributed by atoms with E-state index in [1.54, 1.807) is 0 Å². The quantitative estimate of drug-likeness (QED) is 0.135. The van der Waals surface area contributed by atoms with Crippen LogP contribution in [0.2, 0.25) is 0 Å². The maximum absolute atomic E-state index is 2.40. The van der Waals surface area contributed by atoms with Crippen LogP contribution < -0.4 is 18.3 Å². The van der Waals surface area contributed by atoms with E-state index in [0.29, 0.717) is 5.41 Å². The number of hydrogen-bond donors (Lipinski definition) is 0. The van der Waals surface area contributed by atoms with Crippen LogP contribution in [0.1, 0.15) is 115 Å². The van der Waals surface area contributed by atoms with Crippen molar-refractivity contribution >= 4 is 0 Å². The molecular formula is C107H102N4+4. The third-order valence-corrected chi connectivity index (χ3v) is 23.9. The topological polar surface area (TPSA) is 15.5 Å².